The number of amides is 1. The van der Waals surface area contributed by atoms with E-state index in [0.29, 0.717) is 6.54 Å². The number of halogens is 1. The SMILES string of the molecule is CCN1Cc2nc(Br)sc2C1=O. The quantitative estimate of drug-likeness (QED) is 0.759. The van der Waals surface area contributed by atoms with Crippen LogP contribution in [0.3, 0.4) is 0 Å². The Kier molecular flexibility index (Phi) is 1.92. The molecule has 0 saturated heterocycles. The lowest BCUT2D eigenvalue weighted by Crippen LogP contribution is -2.22. The number of aromatic nitrogens is 1. The highest BCUT2D eigenvalue weighted by molar-refractivity contribution is 9.11. The van der Waals surface area contributed by atoms with Crippen molar-refractivity contribution < 1.29 is 4.79 Å². The third-order valence-corrected chi connectivity index (χ3v) is 3.41. The molecule has 1 aromatic heterocycles. The summed E-state index contributed by atoms with van der Waals surface area (Å²) < 4.78 is 0.802. The molecule has 1 aliphatic rings. The van der Waals surface area contributed by atoms with Crippen LogP contribution in [-0.4, -0.2) is 22.3 Å². The molecule has 0 fully saturated rings. The molecule has 1 amide bonds. The normalized spacial score (nSPS) is 15.5. The minimum atomic E-state index is 0.121. The van der Waals surface area contributed by atoms with Gasteiger partial charge in [-0.3, -0.25) is 4.79 Å². The first-order chi connectivity index (χ1) is 5.72. The zero-order chi connectivity index (χ0) is 8.72. The van der Waals surface area contributed by atoms with Crippen LogP contribution in [0, 0.1) is 0 Å². The molecule has 12 heavy (non-hydrogen) atoms. The zero-order valence-electron chi connectivity index (χ0n) is 6.50. The average Bonchev–Trinajstić information content (AvgIpc) is 2.51. The van der Waals surface area contributed by atoms with Crippen LogP contribution in [0.15, 0.2) is 3.92 Å². The largest absolute Gasteiger partial charge is 0.332 e. The van der Waals surface area contributed by atoms with Gasteiger partial charge in [-0.1, -0.05) is 0 Å². The van der Waals surface area contributed by atoms with Crippen LogP contribution in [0.4, 0.5) is 0 Å². The smallest absolute Gasteiger partial charge is 0.266 e. The van der Waals surface area contributed by atoms with Crippen molar-refractivity contribution in [2.24, 2.45) is 0 Å². The Hall–Kier alpha value is -0.420. The standard InChI is InChI=1S/C7H7BrN2OS/c1-2-10-3-4-5(6(10)11)12-7(8)9-4/h2-3H2,1H3. The van der Waals surface area contributed by atoms with Crippen molar-refractivity contribution in [2.45, 2.75) is 13.5 Å². The fourth-order valence-corrected chi connectivity index (χ4v) is 2.72. The average molecular weight is 247 g/mol. The molecule has 0 bridgehead atoms. The minimum absolute atomic E-state index is 0.121. The van der Waals surface area contributed by atoms with Crippen molar-refractivity contribution in [2.75, 3.05) is 6.54 Å². The number of hydrogen-bond acceptors (Lipinski definition) is 3. The van der Waals surface area contributed by atoms with Crippen LogP contribution >= 0.6 is 27.3 Å². The molecular weight excluding hydrogens is 240 g/mol. The Morgan fingerprint density at radius 3 is 3.08 bits per heavy atom. The van der Waals surface area contributed by atoms with Gasteiger partial charge in [0.15, 0.2) is 3.92 Å². The number of thiazole rings is 1. The van der Waals surface area contributed by atoms with Crippen LogP contribution in [0.5, 0.6) is 0 Å². The molecule has 0 N–H and O–H groups in total. The third-order valence-electron chi connectivity index (χ3n) is 1.88. The number of hydrogen-bond donors (Lipinski definition) is 0. The molecule has 0 radical (unpaired) electrons. The number of carbonyl (C=O) groups is 1. The maximum Gasteiger partial charge on any atom is 0.266 e. The summed E-state index contributed by atoms with van der Waals surface area (Å²) in [7, 11) is 0. The summed E-state index contributed by atoms with van der Waals surface area (Å²) in [5, 5.41) is 0. The molecule has 5 heteroatoms. The fraction of sp³-hybridized carbons (Fsp3) is 0.429. The van der Waals surface area contributed by atoms with Crippen molar-refractivity contribution in [3.63, 3.8) is 0 Å². The van der Waals surface area contributed by atoms with E-state index in [0.717, 1.165) is 21.0 Å². The highest BCUT2D eigenvalue weighted by atomic mass is 79.9. The number of fused-ring (bicyclic) bond motifs is 1. The summed E-state index contributed by atoms with van der Waals surface area (Å²) in [5.41, 5.74) is 0.915. The number of carbonyl (C=O) groups excluding carboxylic acids is 1. The van der Waals surface area contributed by atoms with Crippen molar-refractivity contribution in [3.05, 3.63) is 14.5 Å². The van der Waals surface area contributed by atoms with Crippen molar-refractivity contribution in [3.8, 4) is 0 Å². The van der Waals surface area contributed by atoms with E-state index in [1.54, 1.807) is 4.90 Å². The fourth-order valence-electron chi connectivity index (χ4n) is 1.25. The van der Waals surface area contributed by atoms with Gasteiger partial charge in [0.05, 0.1) is 12.2 Å². The molecule has 0 spiro atoms. The maximum atomic E-state index is 11.5. The van der Waals surface area contributed by atoms with Gasteiger partial charge in [0.1, 0.15) is 4.88 Å². The van der Waals surface area contributed by atoms with Gasteiger partial charge < -0.3 is 4.90 Å². The van der Waals surface area contributed by atoms with Gasteiger partial charge in [-0.15, -0.1) is 11.3 Å². The molecule has 0 atom stereocenters. The van der Waals surface area contributed by atoms with Crippen LogP contribution in [0.25, 0.3) is 0 Å². The van der Waals surface area contributed by atoms with Crippen LogP contribution in [0.1, 0.15) is 22.3 Å². The summed E-state index contributed by atoms with van der Waals surface area (Å²) in [6.07, 6.45) is 0. The molecule has 3 nitrogen and oxygen atoms in total. The van der Waals surface area contributed by atoms with Crippen LogP contribution in [0.2, 0.25) is 0 Å². The summed E-state index contributed by atoms with van der Waals surface area (Å²) in [5.74, 6) is 0.121. The summed E-state index contributed by atoms with van der Waals surface area (Å²) >= 11 is 4.68. The molecule has 0 saturated carbocycles. The lowest BCUT2D eigenvalue weighted by Gasteiger charge is -2.10. The van der Waals surface area contributed by atoms with Gasteiger partial charge in [-0.2, -0.15) is 0 Å². The van der Waals surface area contributed by atoms with Crippen molar-refractivity contribution in [1.29, 1.82) is 0 Å². The summed E-state index contributed by atoms with van der Waals surface area (Å²) in [4.78, 5) is 18.3. The van der Waals surface area contributed by atoms with E-state index < -0.39 is 0 Å². The molecule has 0 aromatic carbocycles. The van der Waals surface area contributed by atoms with E-state index in [2.05, 4.69) is 20.9 Å². The second kappa shape index (κ2) is 2.81. The highest BCUT2D eigenvalue weighted by Gasteiger charge is 2.29. The van der Waals surface area contributed by atoms with Gasteiger partial charge in [0, 0.05) is 6.54 Å². The zero-order valence-corrected chi connectivity index (χ0v) is 8.91. The molecule has 1 aliphatic heterocycles. The van der Waals surface area contributed by atoms with Gasteiger partial charge in [-0.05, 0) is 22.9 Å². The number of nitrogens with zero attached hydrogens (tertiary/aromatic N) is 2. The second-order valence-corrected chi connectivity index (χ2v) is 4.84. The van der Waals surface area contributed by atoms with E-state index in [9.17, 15) is 4.79 Å². The van der Waals surface area contributed by atoms with Gasteiger partial charge >= 0.3 is 0 Å². The molecule has 64 valence electrons. The first-order valence-corrected chi connectivity index (χ1v) is 5.27. The monoisotopic (exact) mass is 246 g/mol. The molecule has 1 aromatic rings. The van der Waals surface area contributed by atoms with Crippen molar-refractivity contribution in [1.82, 2.24) is 9.88 Å². The van der Waals surface area contributed by atoms with Gasteiger partial charge in [-0.25, -0.2) is 4.98 Å². The van der Waals surface area contributed by atoms with E-state index in [-0.39, 0.29) is 5.91 Å². The van der Waals surface area contributed by atoms with Crippen LogP contribution < -0.4 is 0 Å². The Labute approximate surface area is 82.5 Å². The van der Waals surface area contributed by atoms with Gasteiger partial charge in [0.25, 0.3) is 5.91 Å². The highest BCUT2D eigenvalue weighted by Crippen LogP contribution is 2.30. The minimum Gasteiger partial charge on any atom is -0.332 e. The van der Waals surface area contributed by atoms with Crippen molar-refractivity contribution >= 4 is 33.2 Å². The number of rotatable bonds is 1. The van der Waals surface area contributed by atoms with E-state index in [1.807, 2.05) is 6.92 Å². The topological polar surface area (TPSA) is 33.2 Å². The van der Waals surface area contributed by atoms with E-state index >= 15 is 0 Å². The Morgan fingerprint density at radius 1 is 1.75 bits per heavy atom. The van der Waals surface area contributed by atoms with Crippen LogP contribution in [-0.2, 0) is 6.54 Å². The summed E-state index contributed by atoms with van der Waals surface area (Å²) in [6.45, 7) is 3.41. The first-order valence-electron chi connectivity index (χ1n) is 3.67. The third kappa shape index (κ3) is 1.08. The lowest BCUT2D eigenvalue weighted by molar-refractivity contribution is 0.0790. The Bertz CT molecular complexity index is 336. The molecule has 0 aliphatic carbocycles. The lowest BCUT2D eigenvalue weighted by atomic mass is 10.4. The maximum absolute atomic E-state index is 11.5. The molecule has 0 unspecified atom stereocenters. The predicted octanol–water partition coefficient (Wildman–Crippen LogP) is 1.88. The first kappa shape index (κ1) is 8.19. The Balaban J connectivity index is 2.39. The van der Waals surface area contributed by atoms with E-state index in [4.69, 9.17) is 0 Å². The van der Waals surface area contributed by atoms with E-state index in [1.165, 1.54) is 11.3 Å². The molecular formula is C7H7BrN2OS. The van der Waals surface area contributed by atoms with Gasteiger partial charge in [0.2, 0.25) is 0 Å². The second-order valence-electron chi connectivity index (χ2n) is 2.56. The summed E-state index contributed by atoms with van der Waals surface area (Å²) in [6, 6.07) is 0. The predicted molar refractivity (Wildman–Crippen MR) is 50.2 cm³/mol. The molecule has 2 rings (SSSR count). The Morgan fingerprint density at radius 2 is 2.50 bits per heavy atom. The molecule has 2 heterocycles.